The third kappa shape index (κ3) is 6.01. The second-order valence-corrected chi connectivity index (χ2v) is 9.93. The van der Waals surface area contributed by atoms with Crippen molar-refractivity contribution in [3.63, 3.8) is 0 Å². The molecule has 2 atom stereocenters. The van der Waals surface area contributed by atoms with Crippen molar-refractivity contribution in [3.8, 4) is 11.8 Å². The number of hydrogen-bond acceptors (Lipinski definition) is 3. The highest BCUT2D eigenvalue weighted by Crippen LogP contribution is 2.45. The predicted molar refractivity (Wildman–Crippen MR) is 140 cm³/mol. The smallest absolute Gasteiger partial charge is 0.356 e. The monoisotopic (exact) mass is 610 g/mol. The summed E-state index contributed by atoms with van der Waals surface area (Å²) in [5.74, 6) is 2.46. The number of amides is 1. The van der Waals surface area contributed by atoms with Gasteiger partial charge in [0.1, 0.15) is 11.4 Å². The molecule has 4 nitrogen and oxygen atoms in total. The predicted octanol–water partition coefficient (Wildman–Crippen LogP) is 7.47. The highest BCUT2D eigenvalue weighted by Gasteiger charge is 2.64. The van der Waals surface area contributed by atoms with Gasteiger partial charge in [0.05, 0.1) is 16.3 Å². The van der Waals surface area contributed by atoms with Crippen LogP contribution in [0.15, 0.2) is 78.5 Å². The molecule has 0 bridgehead atoms. The Hall–Kier alpha value is -3.88. The zero-order valence-electron chi connectivity index (χ0n) is 21.8. The molecule has 0 saturated heterocycles. The van der Waals surface area contributed by atoms with Crippen molar-refractivity contribution >= 4 is 17.5 Å². The molecule has 0 radical (unpaired) electrons. The number of nitrogens with zero attached hydrogens (tertiary/aromatic N) is 1. The number of pyridine rings is 1. The van der Waals surface area contributed by atoms with E-state index in [0.717, 1.165) is 18.3 Å². The average molecular weight is 611 g/mol. The molecule has 1 aromatic heterocycles. The lowest BCUT2D eigenvalue weighted by Crippen LogP contribution is -2.60. The summed E-state index contributed by atoms with van der Waals surface area (Å²) in [7, 11) is 0.686. The van der Waals surface area contributed by atoms with E-state index in [-0.39, 0.29) is 23.2 Å². The van der Waals surface area contributed by atoms with Crippen LogP contribution < -0.4 is 5.32 Å². The molecule has 1 amide bonds. The standard InChI is InChI=1S/C30H22ClF7N2O2/c1-42-28(30(36,37)38,20-10-6-3-7-11-20)26(41)40-27(17-19-8-4-2-5-9-19,25-13-12-23(31)18-39-25)21-14-22(29(33,34)35)16-24(32)15-21/h3,6-7,9-16,18H,4,8,17H2,1H3,(H,40,41)/t27-,28-/m0/s1. The quantitative estimate of drug-likeness (QED) is 0.213. The molecule has 0 spiro atoms. The summed E-state index contributed by atoms with van der Waals surface area (Å²) in [5.41, 5.74) is -8.10. The number of rotatable bonds is 8. The summed E-state index contributed by atoms with van der Waals surface area (Å²) in [6.45, 7) is 0. The summed E-state index contributed by atoms with van der Waals surface area (Å²) in [6, 6.07) is 10.1. The highest BCUT2D eigenvalue weighted by atomic mass is 35.5. The summed E-state index contributed by atoms with van der Waals surface area (Å²) >= 11 is 5.99. The molecule has 1 aliphatic carbocycles. The molecule has 2 aromatic carbocycles. The minimum atomic E-state index is -5.35. The van der Waals surface area contributed by atoms with E-state index in [1.165, 1.54) is 36.4 Å². The summed E-state index contributed by atoms with van der Waals surface area (Å²) in [5, 5.41) is 2.42. The van der Waals surface area contributed by atoms with Gasteiger partial charge in [-0.15, -0.1) is 0 Å². The second kappa shape index (κ2) is 11.8. The first-order valence-electron chi connectivity index (χ1n) is 12.4. The highest BCUT2D eigenvalue weighted by molar-refractivity contribution is 6.30. The van der Waals surface area contributed by atoms with E-state index in [1.807, 2.05) is 0 Å². The molecule has 1 N–H and O–H groups in total. The molecule has 3 aromatic rings. The number of ether oxygens (including phenoxy) is 1. The first-order chi connectivity index (χ1) is 19.7. The van der Waals surface area contributed by atoms with Gasteiger partial charge in [-0.05, 0) is 48.4 Å². The molecule has 42 heavy (non-hydrogen) atoms. The number of aromatic nitrogens is 1. The number of alkyl halides is 6. The average Bonchev–Trinajstić information content (AvgIpc) is 2.93. The van der Waals surface area contributed by atoms with Gasteiger partial charge in [0.25, 0.3) is 11.5 Å². The van der Waals surface area contributed by atoms with Gasteiger partial charge < -0.3 is 10.1 Å². The van der Waals surface area contributed by atoms with Crippen LogP contribution in [0.5, 0.6) is 0 Å². The van der Waals surface area contributed by atoms with E-state index in [4.69, 9.17) is 16.3 Å². The van der Waals surface area contributed by atoms with E-state index >= 15 is 0 Å². The minimum absolute atomic E-state index is 0.0998. The Morgan fingerprint density at radius 2 is 1.69 bits per heavy atom. The number of benzene rings is 2. The van der Waals surface area contributed by atoms with Crippen LogP contribution in [0.1, 0.15) is 41.6 Å². The molecular formula is C30H22ClF7N2O2. The summed E-state index contributed by atoms with van der Waals surface area (Å²) < 4.78 is 106. The maximum Gasteiger partial charge on any atom is 0.430 e. The van der Waals surface area contributed by atoms with Crippen LogP contribution in [0.25, 0.3) is 0 Å². The lowest BCUT2D eigenvalue weighted by atomic mass is 9.77. The SMILES string of the molecule is CO[C@](C(=O)N[C@@](CC1=CC#CCC1)(c1cc(F)cc(C(F)(F)F)c1)c1ccc(Cl)cn1)(c1ccccc1)C(F)(F)F. The largest absolute Gasteiger partial charge is 0.430 e. The van der Waals surface area contributed by atoms with Gasteiger partial charge >= 0.3 is 12.4 Å². The van der Waals surface area contributed by atoms with Crippen LogP contribution in [-0.2, 0) is 26.8 Å². The van der Waals surface area contributed by atoms with Gasteiger partial charge in [-0.1, -0.05) is 59.3 Å². The minimum Gasteiger partial charge on any atom is -0.356 e. The molecule has 1 aliphatic rings. The van der Waals surface area contributed by atoms with Gasteiger partial charge in [-0.3, -0.25) is 9.78 Å². The zero-order valence-corrected chi connectivity index (χ0v) is 22.6. The fraction of sp³-hybridized carbons (Fsp3) is 0.267. The number of allylic oxidation sites excluding steroid dienone is 1. The maximum atomic E-state index is 14.8. The Morgan fingerprint density at radius 1 is 1.00 bits per heavy atom. The normalized spacial score (nSPS) is 16.4. The van der Waals surface area contributed by atoms with Crippen molar-refractivity contribution in [1.29, 1.82) is 0 Å². The fourth-order valence-corrected chi connectivity index (χ4v) is 4.97. The molecular weight excluding hydrogens is 589 g/mol. The van der Waals surface area contributed by atoms with Crippen LogP contribution in [0.2, 0.25) is 5.02 Å². The Balaban J connectivity index is 2.04. The Kier molecular flexibility index (Phi) is 8.71. The second-order valence-electron chi connectivity index (χ2n) is 9.50. The van der Waals surface area contributed by atoms with Crippen molar-refractivity contribution in [3.05, 3.63) is 112 Å². The third-order valence-electron chi connectivity index (χ3n) is 6.86. The van der Waals surface area contributed by atoms with Crippen LogP contribution in [0.4, 0.5) is 30.7 Å². The molecule has 4 rings (SSSR count). The van der Waals surface area contributed by atoms with Crippen molar-refractivity contribution in [1.82, 2.24) is 10.3 Å². The van der Waals surface area contributed by atoms with Crippen molar-refractivity contribution in [2.75, 3.05) is 7.11 Å². The topological polar surface area (TPSA) is 51.2 Å². The summed E-state index contributed by atoms with van der Waals surface area (Å²) in [6.07, 6.45) is -7.57. The molecule has 220 valence electrons. The number of methoxy groups -OCH3 is 1. The molecule has 0 unspecified atom stereocenters. The van der Waals surface area contributed by atoms with E-state index in [1.54, 1.807) is 0 Å². The lowest BCUT2D eigenvalue weighted by molar-refractivity contribution is -0.266. The van der Waals surface area contributed by atoms with Gasteiger partial charge in [-0.2, -0.15) is 26.3 Å². The van der Waals surface area contributed by atoms with Crippen LogP contribution in [0, 0.1) is 17.7 Å². The number of halogens is 8. The van der Waals surface area contributed by atoms with E-state index in [2.05, 4.69) is 22.1 Å². The molecule has 0 fully saturated rings. The third-order valence-corrected chi connectivity index (χ3v) is 7.08. The van der Waals surface area contributed by atoms with E-state index in [0.29, 0.717) is 31.2 Å². The van der Waals surface area contributed by atoms with Gasteiger partial charge in [0.15, 0.2) is 0 Å². The van der Waals surface area contributed by atoms with Crippen LogP contribution >= 0.6 is 11.6 Å². The first kappa shape index (κ1) is 31.1. The Bertz CT molecular complexity index is 1540. The number of carbonyl (C=O) groups excluding carboxylic acids is 1. The van der Waals surface area contributed by atoms with E-state index in [9.17, 15) is 35.5 Å². The van der Waals surface area contributed by atoms with Crippen LogP contribution in [-0.4, -0.2) is 24.2 Å². The number of carbonyl (C=O) groups is 1. The number of hydrogen-bond donors (Lipinski definition) is 1. The van der Waals surface area contributed by atoms with Gasteiger partial charge in [0.2, 0.25) is 0 Å². The summed E-state index contributed by atoms with van der Waals surface area (Å²) in [4.78, 5) is 18.2. The first-order valence-corrected chi connectivity index (χ1v) is 12.8. The molecule has 1 heterocycles. The maximum absolute atomic E-state index is 14.8. The van der Waals surface area contributed by atoms with Crippen molar-refractivity contribution in [2.45, 2.75) is 42.8 Å². The molecule has 0 saturated carbocycles. The van der Waals surface area contributed by atoms with Crippen molar-refractivity contribution < 1.29 is 40.3 Å². The number of nitrogens with one attached hydrogen (secondary N) is 1. The fourth-order valence-electron chi connectivity index (χ4n) is 4.85. The lowest BCUT2D eigenvalue weighted by Gasteiger charge is -2.41. The van der Waals surface area contributed by atoms with Crippen molar-refractivity contribution in [2.24, 2.45) is 0 Å². The molecule has 12 heteroatoms. The Labute approximate surface area is 241 Å². The van der Waals surface area contributed by atoms with Gasteiger partial charge in [0, 0.05) is 31.7 Å². The van der Waals surface area contributed by atoms with E-state index < -0.39 is 58.3 Å². The molecule has 0 aliphatic heterocycles. The van der Waals surface area contributed by atoms with Gasteiger partial charge in [-0.25, -0.2) is 4.39 Å². The van der Waals surface area contributed by atoms with Crippen LogP contribution in [0.3, 0.4) is 0 Å². The zero-order chi connectivity index (χ0) is 30.8. The Morgan fingerprint density at radius 3 is 2.24 bits per heavy atom.